The van der Waals surface area contributed by atoms with Crippen molar-refractivity contribution in [1.29, 1.82) is 0 Å². The first-order valence-electron chi connectivity index (χ1n) is 5.57. The smallest absolute Gasteiger partial charge is 0.226 e. The number of rotatable bonds is 4. The molecule has 0 heterocycles. The summed E-state index contributed by atoms with van der Waals surface area (Å²) in [5, 5.41) is 2.54. The van der Waals surface area contributed by atoms with Crippen molar-refractivity contribution in [2.45, 2.75) is 25.3 Å². The van der Waals surface area contributed by atoms with Crippen molar-refractivity contribution in [1.82, 2.24) is 0 Å². The summed E-state index contributed by atoms with van der Waals surface area (Å²) in [7, 11) is 0. The highest BCUT2D eigenvalue weighted by molar-refractivity contribution is 9.10. The molecule has 1 aromatic carbocycles. The topological polar surface area (TPSA) is 55.1 Å². The quantitative estimate of drug-likeness (QED) is 0.898. The second-order valence-corrected chi connectivity index (χ2v) is 5.29. The minimum Gasteiger partial charge on any atom is -0.327 e. The van der Waals surface area contributed by atoms with E-state index in [1.54, 1.807) is 6.07 Å². The number of nitrogens with one attached hydrogen (secondary N) is 1. The van der Waals surface area contributed by atoms with E-state index in [0.717, 1.165) is 12.8 Å². The molecular weight excluding hydrogens is 287 g/mol. The van der Waals surface area contributed by atoms with E-state index < -0.39 is 5.82 Å². The predicted molar refractivity (Wildman–Crippen MR) is 68.0 cm³/mol. The van der Waals surface area contributed by atoms with Gasteiger partial charge in [0.1, 0.15) is 5.82 Å². The first-order valence-corrected chi connectivity index (χ1v) is 6.36. The molecule has 1 aliphatic rings. The van der Waals surface area contributed by atoms with Crippen LogP contribution in [0.5, 0.6) is 0 Å². The molecule has 1 saturated carbocycles. The van der Waals surface area contributed by atoms with Gasteiger partial charge in [-0.15, -0.1) is 0 Å². The molecule has 17 heavy (non-hydrogen) atoms. The lowest BCUT2D eigenvalue weighted by Crippen LogP contribution is -2.29. The first-order chi connectivity index (χ1) is 8.06. The number of carbonyl (C=O) groups is 1. The van der Waals surface area contributed by atoms with Gasteiger partial charge in [0.25, 0.3) is 0 Å². The largest absolute Gasteiger partial charge is 0.327 e. The van der Waals surface area contributed by atoms with Crippen LogP contribution in [0, 0.1) is 11.7 Å². The third-order valence-corrected chi connectivity index (χ3v) is 3.35. The minimum atomic E-state index is -0.451. The highest BCUT2D eigenvalue weighted by atomic mass is 79.9. The Labute approximate surface area is 108 Å². The summed E-state index contributed by atoms with van der Waals surface area (Å²) < 4.78 is 14.1. The van der Waals surface area contributed by atoms with Gasteiger partial charge in [-0.3, -0.25) is 4.79 Å². The Hall–Kier alpha value is -0.940. The SMILES string of the molecule is NC(CC(=O)Nc1ccc(Br)cc1F)C1CC1. The van der Waals surface area contributed by atoms with Crippen LogP contribution < -0.4 is 11.1 Å². The zero-order chi connectivity index (χ0) is 12.4. The molecule has 0 aliphatic heterocycles. The summed E-state index contributed by atoms with van der Waals surface area (Å²) in [6, 6.07) is 4.42. The highest BCUT2D eigenvalue weighted by Gasteiger charge is 2.29. The highest BCUT2D eigenvalue weighted by Crippen LogP contribution is 2.32. The van der Waals surface area contributed by atoms with E-state index in [2.05, 4.69) is 21.2 Å². The molecule has 0 spiro atoms. The fourth-order valence-electron chi connectivity index (χ4n) is 1.70. The van der Waals surface area contributed by atoms with E-state index in [-0.39, 0.29) is 24.1 Å². The molecule has 0 radical (unpaired) electrons. The molecule has 0 bridgehead atoms. The maximum Gasteiger partial charge on any atom is 0.226 e. The van der Waals surface area contributed by atoms with Crippen LogP contribution >= 0.6 is 15.9 Å². The Morgan fingerprint density at radius 3 is 2.88 bits per heavy atom. The third kappa shape index (κ3) is 3.51. The fourth-order valence-corrected chi connectivity index (χ4v) is 2.03. The predicted octanol–water partition coefficient (Wildman–Crippen LogP) is 2.65. The number of halogens is 2. The zero-order valence-corrected chi connectivity index (χ0v) is 10.8. The average molecular weight is 301 g/mol. The van der Waals surface area contributed by atoms with Crippen LogP contribution in [0.1, 0.15) is 19.3 Å². The molecule has 0 aromatic heterocycles. The Morgan fingerprint density at radius 2 is 2.29 bits per heavy atom. The molecule has 1 aliphatic carbocycles. The molecule has 3 N–H and O–H groups in total. The lowest BCUT2D eigenvalue weighted by Gasteiger charge is -2.11. The van der Waals surface area contributed by atoms with Crippen molar-refractivity contribution in [3.8, 4) is 0 Å². The second kappa shape index (κ2) is 5.14. The number of anilines is 1. The number of hydrogen-bond donors (Lipinski definition) is 2. The Balaban J connectivity index is 1.92. The molecule has 3 nitrogen and oxygen atoms in total. The molecular formula is C12H14BrFN2O. The second-order valence-electron chi connectivity index (χ2n) is 4.38. The van der Waals surface area contributed by atoms with Crippen LogP contribution in [-0.2, 0) is 4.79 Å². The van der Waals surface area contributed by atoms with E-state index in [9.17, 15) is 9.18 Å². The molecule has 1 amide bonds. The van der Waals surface area contributed by atoms with Crippen LogP contribution in [0.3, 0.4) is 0 Å². The molecule has 1 fully saturated rings. The summed E-state index contributed by atoms with van der Waals surface area (Å²) in [4.78, 5) is 11.6. The van der Waals surface area contributed by atoms with Gasteiger partial charge in [0, 0.05) is 16.9 Å². The van der Waals surface area contributed by atoms with Gasteiger partial charge < -0.3 is 11.1 Å². The summed E-state index contributed by atoms with van der Waals surface area (Å²) in [6.45, 7) is 0. The van der Waals surface area contributed by atoms with Crippen LogP contribution in [-0.4, -0.2) is 11.9 Å². The standard InChI is InChI=1S/C12H14BrFN2O/c13-8-3-4-11(9(14)5-8)16-12(17)6-10(15)7-1-2-7/h3-5,7,10H,1-2,6,15H2,(H,16,17). The molecule has 0 saturated heterocycles. The first kappa shape index (κ1) is 12.5. The van der Waals surface area contributed by atoms with E-state index in [1.807, 2.05) is 0 Å². The van der Waals surface area contributed by atoms with Crippen molar-refractivity contribution in [3.05, 3.63) is 28.5 Å². The summed E-state index contributed by atoms with van der Waals surface area (Å²) in [6.07, 6.45) is 2.45. The molecule has 2 rings (SSSR count). The number of carbonyl (C=O) groups excluding carboxylic acids is 1. The van der Waals surface area contributed by atoms with Crippen molar-refractivity contribution in [2.24, 2.45) is 11.7 Å². The Morgan fingerprint density at radius 1 is 1.59 bits per heavy atom. The maximum absolute atomic E-state index is 13.4. The van der Waals surface area contributed by atoms with E-state index in [1.165, 1.54) is 12.1 Å². The lowest BCUT2D eigenvalue weighted by atomic mass is 10.1. The average Bonchev–Trinajstić information content (AvgIpc) is 3.05. The molecule has 1 unspecified atom stereocenters. The molecule has 1 atom stereocenters. The number of hydrogen-bond acceptors (Lipinski definition) is 2. The number of amides is 1. The van der Waals surface area contributed by atoms with Crippen LogP contribution in [0.15, 0.2) is 22.7 Å². The molecule has 92 valence electrons. The van der Waals surface area contributed by atoms with Gasteiger partial charge in [0.15, 0.2) is 0 Å². The van der Waals surface area contributed by atoms with Crippen molar-refractivity contribution in [3.63, 3.8) is 0 Å². The summed E-state index contributed by atoms with van der Waals surface area (Å²) >= 11 is 3.16. The maximum atomic E-state index is 13.4. The van der Waals surface area contributed by atoms with Crippen molar-refractivity contribution < 1.29 is 9.18 Å². The minimum absolute atomic E-state index is 0.103. The van der Waals surface area contributed by atoms with Gasteiger partial charge in [0.2, 0.25) is 5.91 Å². The summed E-state index contributed by atoms with van der Waals surface area (Å²) in [5.41, 5.74) is 6.03. The van der Waals surface area contributed by atoms with Crippen LogP contribution in [0.2, 0.25) is 0 Å². The molecule has 1 aromatic rings. The van der Waals surface area contributed by atoms with Crippen LogP contribution in [0.25, 0.3) is 0 Å². The monoisotopic (exact) mass is 300 g/mol. The van der Waals surface area contributed by atoms with E-state index >= 15 is 0 Å². The van der Waals surface area contributed by atoms with Crippen molar-refractivity contribution in [2.75, 3.05) is 5.32 Å². The number of benzene rings is 1. The van der Waals surface area contributed by atoms with E-state index in [4.69, 9.17) is 5.73 Å². The Bertz CT molecular complexity index is 435. The van der Waals surface area contributed by atoms with Gasteiger partial charge in [-0.2, -0.15) is 0 Å². The van der Waals surface area contributed by atoms with Gasteiger partial charge in [-0.05, 0) is 37.0 Å². The Kier molecular flexibility index (Phi) is 3.79. The van der Waals surface area contributed by atoms with Crippen LogP contribution in [0.4, 0.5) is 10.1 Å². The van der Waals surface area contributed by atoms with Gasteiger partial charge in [-0.25, -0.2) is 4.39 Å². The van der Waals surface area contributed by atoms with Gasteiger partial charge in [-0.1, -0.05) is 15.9 Å². The lowest BCUT2D eigenvalue weighted by molar-refractivity contribution is -0.116. The van der Waals surface area contributed by atoms with Crippen molar-refractivity contribution >= 4 is 27.5 Å². The third-order valence-electron chi connectivity index (χ3n) is 2.85. The zero-order valence-electron chi connectivity index (χ0n) is 9.25. The van der Waals surface area contributed by atoms with Gasteiger partial charge in [0.05, 0.1) is 5.69 Å². The van der Waals surface area contributed by atoms with E-state index in [0.29, 0.717) is 10.4 Å². The fraction of sp³-hybridized carbons (Fsp3) is 0.417. The van der Waals surface area contributed by atoms with Gasteiger partial charge >= 0.3 is 0 Å². The normalized spacial score (nSPS) is 16.6. The summed E-state index contributed by atoms with van der Waals surface area (Å²) in [5.74, 6) is -0.214. The number of nitrogens with two attached hydrogens (primary N) is 1. The molecule has 5 heteroatoms.